The van der Waals surface area contributed by atoms with Gasteiger partial charge in [-0.25, -0.2) is 0 Å². The molecule has 78 valence electrons. The largest absolute Gasteiger partial charge is 0.396 e. The van der Waals surface area contributed by atoms with Gasteiger partial charge >= 0.3 is 0 Å². The molecule has 0 aliphatic carbocycles. The van der Waals surface area contributed by atoms with Gasteiger partial charge < -0.3 is 10.0 Å². The number of aliphatic hydroxyl groups is 1. The molecule has 3 nitrogen and oxygen atoms in total. The third kappa shape index (κ3) is 3.75. The Morgan fingerprint density at radius 3 is 2.57 bits per heavy atom. The minimum absolute atomic E-state index is 0.305. The third-order valence-electron chi connectivity index (χ3n) is 2.26. The molecule has 0 amide bonds. The minimum Gasteiger partial charge on any atom is -0.396 e. The molecule has 0 atom stereocenters. The monoisotopic (exact) mass is 194 g/mol. The molecule has 0 aliphatic heterocycles. The van der Waals surface area contributed by atoms with E-state index in [4.69, 9.17) is 5.11 Å². The number of anilines is 1. The first kappa shape index (κ1) is 11.0. The van der Waals surface area contributed by atoms with Crippen molar-refractivity contribution in [1.82, 2.24) is 4.98 Å². The van der Waals surface area contributed by atoms with Gasteiger partial charge in [0.15, 0.2) is 0 Å². The molecule has 0 bridgehead atoms. The highest BCUT2D eigenvalue weighted by molar-refractivity contribution is 5.43. The van der Waals surface area contributed by atoms with Crippen LogP contribution in [0.25, 0.3) is 0 Å². The third-order valence-corrected chi connectivity index (χ3v) is 2.26. The number of unbranched alkanes of at least 4 members (excludes halogenated alkanes) is 2. The Balaban J connectivity index is 2.25. The van der Waals surface area contributed by atoms with Gasteiger partial charge in [0.25, 0.3) is 0 Å². The smallest absolute Gasteiger partial charge is 0.0431 e. The molecule has 0 radical (unpaired) electrons. The standard InChI is InChI=1S/C11H18N2O/c1-13(9-3-2-4-10-14)11-5-7-12-8-6-11/h5-8,14H,2-4,9-10H2,1H3. The Hall–Kier alpha value is -1.09. The summed E-state index contributed by atoms with van der Waals surface area (Å²) in [5, 5.41) is 8.63. The second-order valence-electron chi connectivity index (χ2n) is 3.41. The molecule has 14 heavy (non-hydrogen) atoms. The van der Waals surface area contributed by atoms with Crippen LogP contribution in [0.3, 0.4) is 0 Å². The van der Waals surface area contributed by atoms with Crippen LogP contribution in [0.5, 0.6) is 0 Å². The SMILES string of the molecule is CN(CCCCCO)c1ccncc1. The van der Waals surface area contributed by atoms with Gasteiger partial charge in [-0.05, 0) is 31.4 Å². The second kappa shape index (κ2) is 6.38. The van der Waals surface area contributed by atoms with Crippen molar-refractivity contribution in [3.63, 3.8) is 0 Å². The molecule has 3 heteroatoms. The van der Waals surface area contributed by atoms with Crippen molar-refractivity contribution in [1.29, 1.82) is 0 Å². The number of rotatable bonds is 6. The lowest BCUT2D eigenvalue weighted by Gasteiger charge is -2.18. The van der Waals surface area contributed by atoms with Crippen LogP contribution in [0.15, 0.2) is 24.5 Å². The van der Waals surface area contributed by atoms with E-state index in [1.807, 2.05) is 12.1 Å². The van der Waals surface area contributed by atoms with E-state index < -0.39 is 0 Å². The molecule has 0 unspecified atom stereocenters. The highest BCUT2D eigenvalue weighted by Gasteiger charge is 1.98. The van der Waals surface area contributed by atoms with Crippen LogP contribution in [0, 0.1) is 0 Å². The van der Waals surface area contributed by atoms with Crippen molar-refractivity contribution in [3.8, 4) is 0 Å². The summed E-state index contributed by atoms with van der Waals surface area (Å²) in [4.78, 5) is 6.19. The highest BCUT2D eigenvalue weighted by Crippen LogP contribution is 2.10. The Bertz CT molecular complexity index is 238. The van der Waals surface area contributed by atoms with E-state index >= 15 is 0 Å². The summed E-state index contributed by atoms with van der Waals surface area (Å²) in [7, 11) is 2.08. The first-order valence-corrected chi connectivity index (χ1v) is 5.06. The Labute approximate surface area is 85.4 Å². The summed E-state index contributed by atoms with van der Waals surface area (Å²) in [6.45, 7) is 1.34. The number of nitrogens with zero attached hydrogens (tertiary/aromatic N) is 2. The van der Waals surface area contributed by atoms with Gasteiger partial charge in [0.2, 0.25) is 0 Å². The average Bonchev–Trinajstić information content (AvgIpc) is 2.25. The van der Waals surface area contributed by atoms with Crippen LogP contribution >= 0.6 is 0 Å². The topological polar surface area (TPSA) is 36.4 Å². The van der Waals surface area contributed by atoms with E-state index in [1.165, 1.54) is 5.69 Å². The van der Waals surface area contributed by atoms with Crippen LogP contribution in [0.2, 0.25) is 0 Å². The fourth-order valence-electron chi connectivity index (χ4n) is 1.37. The Kier molecular flexibility index (Phi) is 5.00. The lowest BCUT2D eigenvalue weighted by molar-refractivity contribution is 0.283. The zero-order valence-corrected chi connectivity index (χ0v) is 8.69. The molecular formula is C11H18N2O. The van der Waals surface area contributed by atoms with Crippen molar-refractivity contribution in [2.24, 2.45) is 0 Å². The predicted octanol–water partition coefficient (Wildman–Crippen LogP) is 1.68. The maximum atomic E-state index is 8.63. The van der Waals surface area contributed by atoms with Gasteiger partial charge in [-0.15, -0.1) is 0 Å². The molecule has 1 rings (SSSR count). The zero-order valence-electron chi connectivity index (χ0n) is 8.69. The molecular weight excluding hydrogens is 176 g/mol. The highest BCUT2D eigenvalue weighted by atomic mass is 16.2. The molecule has 1 heterocycles. The fraction of sp³-hybridized carbons (Fsp3) is 0.545. The summed E-state index contributed by atoms with van der Waals surface area (Å²) >= 11 is 0. The average molecular weight is 194 g/mol. The number of aromatic nitrogens is 1. The van der Waals surface area contributed by atoms with Crippen LogP contribution in [-0.2, 0) is 0 Å². The van der Waals surface area contributed by atoms with Gasteiger partial charge in [-0.2, -0.15) is 0 Å². The summed E-state index contributed by atoms with van der Waals surface area (Å²) in [6, 6.07) is 4.01. The molecule has 1 aromatic heterocycles. The Morgan fingerprint density at radius 2 is 1.93 bits per heavy atom. The summed E-state index contributed by atoms with van der Waals surface area (Å²) in [5.74, 6) is 0. The lowest BCUT2D eigenvalue weighted by Crippen LogP contribution is -2.18. The number of pyridine rings is 1. The normalized spacial score (nSPS) is 10.1. The van der Waals surface area contributed by atoms with Gasteiger partial charge in [-0.1, -0.05) is 0 Å². The fourth-order valence-corrected chi connectivity index (χ4v) is 1.37. The Morgan fingerprint density at radius 1 is 1.21 bits per heavy atom. The summed E-state index contributed by atoms with van der Waals surface area (Å²) in [6.07, 6.45) is 6.73. The van der Waals surface area contributed by atoms with Crippen LogP contribution < -0.4 is 4.90 Å². The van der Waals surface area contributed by atoms with Crippen molar-refractivity contribution in [2.75, 3.05) is 25.1 Å². The first-order chi connectivity index (χ1) is 6.84. The van der Waals surface area contributed by atoms with E-state index in [2.05, 4.69) is 16.9 Å². The molecule has 0 saturated heterocycles. The second-order valence-corrected chi connectivity index (χ2v) is 3.41. The molecule has 0 saturated carbocycles. The first-order valence-electron chi connectivity index (χ1n) is 5.06. The van der Waals surface area contributed by atoms with E-state index in [9.17, 15) is 0 Å². The van der Waals surface area contributed by atoms with Crippen LogP contribution in [0.4, 0.5) is 5.69 Å². The molecule has 0 aromatic carbocycles. The van der Waals surface area contributed by atoms with Crippen molar-refractivity contribution >= 4 is 5.69 Å². The molecule has 0 spiro atoms. The summed E-state index contributed by atoms with van der Waals surface area (Å²) in [5.41, 5.74) is 1.20. The van der Waals surface area contributed by atoms with Gasteiger partial charge in [-0.3, -0.25) is 4.98 Å². The van der Waals surface area contributed by atoms with Crippen LogP contribution in [-0.4, -0.2) is 30.3 Å². The van der Waals surface area contributed by atoms with E-state index in [0.29, 0.717) is 6.61 Å². The lowest BCUT2D eigenvalue weighted by atomic mass is 10.2. The molecule has 1 aromatic rings. The van der Waals surface area contributed by atoms with E-state index in [0.717, 1.165) is 25.8 Å². The summed E-state index contributed by atoms with van der Waals surface area (Å²) < 4.78 is 0. The van der Waals surface area contributed by atoms with Gasteiger partial charge in [0, 0.05) is 38.3 Å². The maximum absolute atomic E-state index is 8.63. The maximum Gasteiger partial charge on any atom is 0.0431 e. The molecule has 0 aliphatic rings. The van der Waals surface area contributed by atoms with Gasteiger partial charge in [0.1, 0.15) is 0 Å². The quantitative estimate of drug-likeness (QED) is 0.700. The number of hydrogen-bond acceptors (Lipinski definition) is 3. The van der Waals surface area contributed by atoms with E-state index in [-0.39, 0.29) is 0 Å². The predicted molar refractivity (Wildman–Crippen MR) is 58.4 cm³/mol. The zero-order chi connectivity index (χ0) is 10.2. The molecule has 0 fully saturated rings. The van der Waals surface area contributed by atoms with Crippen LogP contribution in [0.1, 0.15) is 19.3 Å². The van der Waals surface area contributed by atoms with Crippen molar-refractivity contribution in [2.45, 2.75) is 19.3 Å². The number of aliphatic hydroxyl groups excluding tert-OH is 1. The molecule has 1 N–H and O–H groups in total. The number of hydrogen-bond donors (Lipinski definition) is 1. The van der Waals surface area contributed by atoms with Gasteiger partial charge in [0.05, 0.1) is 0 Å². The van der Waals surface area contributed by atoms with Crippen molar-refractivity contribution in [3.05, 3.63) is 24.5 Å². The minimum atomic E-state index is 0.305. The van der Waals surface area contributed by atoms with E-state index in [1.54, 1.807) is 12.4 Å². The van der Waals surface area contributed by atoms with Crippen molar-refractivity contribution < 1.29 is 5.11 Å².